The number of hydrogen-bond acceptors (Lipinski definition) is 5. The first-order valence-corrected chi connectivity index (χ1v) is 9.72. The molecule has 2 rings (SSSR count). The molecular weight excluding hydrogens is 330 g/mol. The molecule has 6 nitrogen and oxygen atoms in total. The van der Waals surface area contributed by atoms with Crippen LogP contribution in [0.15, 0.2) is 29.2 Å². The molecule has 0 aliphatic carbocycles. The molecule has 0 bridgehead atoms. The summed E-state index contributed by atoms with van der Waals surface area (Å²) in [6.07, 6.45) is 1.02. The third kappa shape index (κ3) is 4.56. The fraction of sp³-hybridized carbons (Fsp3) is 0.529. The maximum Gasteiger partial charge on any atom is 0.309 e. The number of likely N-dealkylation sites (tertiary alicyclic amines) is 1. The largest absolute Gasteiger partial charge is 0.466 e. The van der Waals surface area contributed by atoms with Crippen LogP contribution in [0.1, 0.15) is 25.3 Å². The lowest BCUT2D eigenvalue weighted by Gasteiger charge is -2.30. The lowest BCUT2D eigenvalue weighted by atomic mass is 9.97. The Kier molecular flexibility index (Phi) is 5.99. The van der Waals surface area contributed by atoms with Crippen molar-refractivity contribution in [3.8, 4) is 0 Å². The molecule has 1 aromatic rings. The Hall–Kier alpha value is -1.89. The Morgan fingerprint density at radius 2 is 1.75 bits per heavy atom. The molecule has 0 atom stereocenters. The van der Waals surface area contributed by atoms with Crippen LogP contribution in [-0.2, 0) is 24.2 Å². The van der Waals surface area contributed by atoms with E-state index in [9.17, 15) is 18.0 Å². The van der Waals surface area contributed by atoms with E-state index in [4.69, 9.17) is 4.74 Å². The van der Waals surface area contributed by atoms with Crippen molar-refractivity contribution < 1.29 is 22.7 Å². The highest BCUT2D eigenvalue weighted by atomic mass is 32.2. The Balaban J connectivity index is 1.94. The topological polar surface area (TPSA) is 80.8 Å². The zero-order chi connectivity index (χ0) is 17.7. The van der Waals surface area contributed by atoms with Gasteiger partial charge in [-0.05, 0) is 38.8 Å². The van der Waals surface area contributed by atoms with Gasteiger partial charge in [0.2, 0.25) is 5.91 Å². The predicted molar refractivity (Wildman–Crippen MR) is 89.2 cm³/mol. The number of aryl methyl sites for hydroxylation is 1. The molecular formula is C17H23NO5S. The van der Waals surface area contributed by atoms with Crippen molar-refractivity contribution in [1.29, 1.82) is 0 Å². The summed E-state index contributed by atoms with van der Waals surface area (Å²) >= 11 is 0. The normalized spacial score (nSPS) is 16.0. The van der Waals surface area contributed by atoms with Crippen LogP contribution in [0.25, 0.3) is 0 Å². The summed E-state index contributed by atoms with van der Waals surface area (Å²) < 4.78 is 29.7. The Morgan fingerprint density at radius 1 is 1.17 bits per heavy atom. The van der Waals surface area contributed by atoms with Crippen LogP contribution in [0.2, 0.25) is 0 Å². The number of rotatable bonds is 5. The maximum absolute atomic E-state index is 12.3. The third-order valence-electron chi connectivity index (χ3n) is 4.16. The number of esters is 1. The van der Waals surface area contributed by atoms with E-state index in [1.807, 2.05) is 6.92 Å². The molecule has 1 aliphatic rings. The second-order valence-corrected chi connectivity index (χ2v) is 7.97. The van der Waals surface area contributed by atoms with Crippen LogP contribution in [0.5, 0.6) is 0 Å². The minimum absolute atomic E-state index is 0.155. The summed E-state index contributed by atoms with van der Waals surface area (Å²) in [6, 6.07) is 6.46. The van der Waals surface area contributed by atoms with Gasteiger partial charge in [0.05, 0.1) is 17.4 Å². The molecule has 1 saturated heterocycles. The van der Waals surface area contributed by atoms with Gasteiger partial charge in [0.25, 0.3) is 0 Å². The van der Waals surface area contributed by atoms with Crippen LogP contribution < -0.4 is 0 Å². The molecule has 24 heavy (non-hydrogen) atoms. The number of nitrogens with zero attached hydrogens (tertiary/aromatic N) is 1. The molecule has 1 amide bonds. The fourth-order valence-corrected chi connectivity index (χ4v) is 3.93. The smallest absolute Gasteiger partial charge is 0.309 e. The molecule has 1 heterocycles. The highest BCUT2D eigenvalue weighted by Crippen LogP contribution is 2.20. The quantitative estimate of drug-likeness (QED) is 0.751. The van der Waals surface area contributed by atoms with E-state index in [-0.39, 0.29) is 16.8 Å². The van der Waals surface area contributed by atoms with E-state index in [1.54, 1.807) is 19.1 Å². The summed E-state index contributed by atoms with van der Waals surface area (Å²) in [5.41, 5.74) is 0.960. The standard InChI is InChI=1S/C17H23NO5S/c1-3-23-17(20)14-8-10-18(11-9-14)16(19)12-24(21,22)15-6-4-13(2)5-7-15/h4-7,14H,3,8-12H2,1-2H3. The van der Waals surface area contributed by atoms with E-state index in [2.05, 4.69) is 0 Å². The van der Waals surface area contributed by atoms with Gasteiger partial charge in [-0.3, -0.25) is 9.59 Å². The number of carbonyl (C=O) groups excluding carboxylic acids is 2. The molecule has 1 fully saturated rings. The molecule has 0 unspecified atom stereocenters. The molecule has 0 saturated carbocycles. The van der Waals surface area contributed by atoms with Gasteiger partial charge in [-0.25, -0.2) is 8.42 Å². The lowest BCUT2D eigenvalue weighted by molar-refractivity contribution is -0.151. The van der Waals surface area contributed by atoms with Crippen molar-refractivity contribution in [3.63, 3.8) is 0 Å². The molecule has 0 N–H and O–H groups in total. The average Bonchev–Trinajstić information content (AvgIpc) is 2.55. The van der Waals surface area contributed by atoms with E-state index < -0.39 is 21.5 Å². The van der Waals surface area contributed by atoms with Gasteiger partial charge >= 0.3 is 5.97 Å². The first kappa shape index (κ1) is 18.4. The minimum Gasteiger partial charge on any atom is -0.466 e. The molecule has 0 radical (unpaired) electrons. The molecule has 0 aromatic heterocycles. The number of carbonyl (C=O) groups is 2. The van der Waals surface area contributed by atoms with Gasteiger partial charge in [-0.2, -0.15) is 0 Å². The SMILES string of the molecule is CCOC(=O)C1CCN(C(=O)CS(=O)(=O)c2ccc(C)cc2)CC1. The van der Waals surface area contributed by atoms with Gasteiger partial charge in [0.1, 0.15) is 5.75 Å². The highest BCUT2D eigenvalue weighted by Gasteiger charge is 2.30. The molecule has 1 aliphatic heterocycles. The van der Waals surface area contributed by atoms with Gasteiger partial charge in [0, 0.05) is 13.1 Å². The van der Waals surface area contributed by atoms with E-state index in [0.29, 0.717) is 32.5 Å². The second-order valence-electron chi connectivity index (χ2n) is 5.98. The van der Waals surface area contributed by atoms with E-state index >= 15 is 0 Å². The number of benzene rings is 1. The summed E-state index contributed by atoms with van der Waals surface area (Å²) in [5, 5.41) is 0. The van der Waals surface area contributed by atoms with Crippen LogP contribution in [0, 0.1) is 12.8 Å². The second kappa shape index (κ2) is 7.79. The van der Waals surface area contributed by atoms with Crippen LogP contribution in [0.4, 0.5) is 0 Å². The van der Waals surface area contributed by atoms with Crippen LogP contribution in [0.3, 0.4) is 0 Å². The van der Waals surface area contributed by atoms with Crippen molar-refractivity contribution >= 4 is 21.7 Å². The van der Waals surface area contributed by atoms with Crippen molar-refractivity contribution in [1.82, 2.24) is 4.90 Å². The summed E-state index contributed by atoms with van der Waals surface area (Å²) in [7, 11) is -3.65. The van der Waals surface area contributed by atoms with E-state index in [1.165, 1.54) is 17.0 Å². The van der Waals surface area contributed by atoms with Crippen molar-refractivity contribution in [3.05, 3.63) is 29.8 Å². The first-order chi connectivity index (χ1) is 11.3. The molecule has 0 spiro atoms. The van der Waals surface area contributed by atoms with Crippen molar-refractivity contribution in [2.24, 2.45) is 5.92 Å². The number of ether oxygens (including phenoxy) is 1. The average molecular weight is 353 g/mol. The van der Waals surface area contributed by atoms with Crippen molar-refractivity contribution in [2.45, 2.75) is 31.6 Å². The predicted octanol–water partition coefficient (Wildman–Crippen LogP) is 1.57. The van der Waals surface area contributed by atoms with Crippen LogP contribution in [-0.4, -0.2) is 50.6 Å². The van der Waals surface area contributed by atoms with Gasteiger partial charge < -0.3 is 9.64 Å². The Bertz CT molecular complexity index is 688. The molecule has 132 valence electrons. The highest BCUT2D eigenvalue weighted by molar-refractivity contribution is 7.92. The summed E-state index contributed by atoms with van der Waals surface area (Å²) in [6.45, 7) is 4.73. The number of piperidine rings is 1. The minimum atomic E-state index is -3.65. The van der Waals surface area contributed by atoms with Gasteiger partial charge in [-0.15, -0.1) is 0 Å². The van der Waals surface area contributed by atoms with E-state index in [0.717, 1.165) is 5.56 Å². The zero-order valence-electron chi connectivity index (χ0n) is 14.0. The number of amides is 1. The number of hydrogen-bond donors (Lipinski definition) is 0. The molecule has 7 heteroatoms. The third-order valence-corrected chi connectivity index (χ3v) is 5.78. The van der Waals surface area contributed by atoms with Crippen LogP contribution >= 0.6 is 0 Å². The summed E-state index contributed by atoms with van der Waals surface area (Å²) in [4.78, 5) is 25.7. The number of sulfone groups is 1. The Labute approximate surface area is 142 Å². The van der Waals surface area contributed by atoms with Gasteiger partial charge in [0.15, 0.2) is 9.84 Å². The Morgan fingerprint density at radius 3 is 2.29 bits per heavy atom. The lowest BCUT2D eigenvalue weighted by Crippen LogP contribution is -2.43. The van der Waals surface area contributed by atoms with Gasteiger partial charge in [-0.1, -0.05) is 17.7 Å². The fourth-order valence-electron chi connectivity index (χ4n) is 2.71. The van der Waals surface area contributed by atoms with Crippen molar-refractivity contribution in [2.75, 3.05) is 25.4 Å². The monoisotopic (exact) mass is 353 g/mol. The zero-order valence-corrected chi connectivity index (χ0v) is 14.8. The first-order valence-electron chi connectivity index (χ1n) is 8.07. The maximum atomic E-state index is 12.3. The molecule has 1 aromatic carbocycles. The summed E-state index contributed by atoms with van der Waals surface area (Å²) in [5.74, 6) is -1.40.